The van der Waals surface area contributed by atoms with Gasteiger partial charge in [0.2, 0.25) is 0 Å². The number of non-ortho nitro benzene ring substituents is 1. The first-order chi connectivity index (χ1) is 10.4. The van der Waals surface area contributed by atoms with E-state index >= 15 is 0 Å². The summed E-state index contributed by atoms with van der Waals surface area (Å²) in [5.41, 5.74) is 1.09. The van der Waals surface area contributed by atoms with E-state index in [1.807, 2.05) is 0 Å². The van der Waals surface area contributed by atoms with Gasteiger partial charge in [-0.25, -0.2) is 4.79 Å². The van der Waals surface area contributed by atoms with Crippen molar-refractivity contribution in [3.63, 3.8) is 0 Å². The maximum atomic E-state index is 11.6. The van der Waals surface area contributed by atoms with Crippen LogP contribution in [-0.2, 0) is 4.79 Å². The van der Waals surface area contributed by atoms with Crippen molar-refractivity contribution in [1.29, 1.82) is 5.26 Å². The van der Waals surface area contributed by atoms with Gasteiger partial charge in [0.25, 0.3) is 5.69 Å². The van der Waals surface area contributed by atoms with Crippen molar-refractivity contribution < 1.29 is 14.8 Å². The second-order valence-corrected chi connectivity index (χ2v) is 4.99. The number of nitro benzene ring substituents is 1. The van der Waals surface area contributed by atoms with E-state index in [-0.39, 0.29) is 11.3 Å². The Labute approximate surface area is 126 Å². The van der Waals surface area contributed by atoms with Crippen molar-refractivity contribution in [3.8, 4) is 6.07 Å². The Kier molecular flexibility index (Phi) is 4.04. The summed E-state index contributed by atoms with van der Waals surface area (Å²) in [6.07, 6.45) is 0. The summed E-state index contributed by atoms with van der Waals surface area (Å²) in [6, 6.07) is 7.77. The van der Waals surface area contributed by atoms with Crippen molar-refractivity contribution in [3.05, 3.63) is 51.2 Å². The Morgan fingerprint density at radius 3 is 2.68 bits per heavy atom. The number of nitriles is 1. The monoisotopic (exact) mass is 299 g/mol. The predicted molar refractivity (Wildman–Crippen MR) is 78.4 cm³/mol. The molecule has 0 amide bonds. The van der Waals surface area contributed by atoms with Crippen molar-refractivity contribution in [1.82, 2.24) is 0 Å². The Bertz CT molecular complexity index is 758. The van der Waals surface area contributed by atoms with Crippen LogP contribution in [0.15, 0.2) is 40.5 Å². The zero-order valence-electron chi connectivity index (χ0n) is 12.0. The van der Waals surface area contributed by atoms with E-state index < -0.39 is 22.7 Å². The lowest BCUT2D eigenvalue weighted by Crippen LogP contribution is -2.28. The molecule has 112 valence electrons. The molecule has 1 aromatic carbocycles. The number of nitro groups is 1. The molecular weight excluding hydrogens is 286 g/mol. The van der Waals surface area contributed by atoms with E-state index in [4.69, 9.17) is 0 Å². The highest BCUT2D eigenvalue weighted by atomic mass is 16.6. The number of carbonyl (C=O) groups is 1. The van der Waals surface area contributed by atoms with Crippen LogP contribution in [-0.4, -0.2) is 21.7 Å². The van der Waals surface area contributed by atoms with E-state index in [9.17, 15) is 25.3 Å². The average Bonchev–Trinajstić information content (AvgIpc) is 2.46. The third-order valence-electron chi connectivity index (χ3n) is 3.64. The van der Waals surface area contributed by atoms with Crippen LogP contribution in [0.4, 0.5) is 5.69 Å². The molecule has 7 heteroatoms. The van der Waals surface area contributed by atoms with E-state index in [2.05, 4.69) is 11.1 Å². The van der Waals surface area contributed by atoms with Crippen LogP contribution in [0.2, 0.25) is 0 Å². The molecule has 0 bridgehead atoms. The summed E-state index contributed by atoms with van der Waals surface area (Å²) in [4.78, 5) is 26.1. The summed E-state index contributed by atoms with van der Waals surface area (Å²) in [5, 5.41) is 29.7. The minimum absolute atomic E-state index is 0.00218. The van der Waals surface area contributed by atoms with E-state index in [0.29, 0.717) is 17.0 Å². The van der Waals surface area contributed by atoms with Crippen LogP contribution in [0.5, 0.6) is 0 Å². The maximum absolute atomic E-state index is 11.6. The summed E-state index contributed by atoms with van der Waals surface area (Å²) >= 11 is 0. The van der Waals surface area contributed by atoms with Crippen molar-refractivity contribution >= 4 is 17.4 Å². The Morgan fingerprint density at radius 1 is 1.45 bits per heavy atom. The van der Waals surface area contributed by atoms with Crippen molar-refractivity contribution in [2.24, 2.45) is 10.9 Å². The van der Waals surface area contributed by atoms with Gasteiger partial charge in [-0.15, -0.1) is 0 Å². The summed E-state index contributed by atoms with van der Waals surface area (Å²) in [6.45, 7) is 3.21. The fraction of sp³-hybridized carbons (Fsp3) is 0.267. The molecule has 0 aromatic heterocycles. The molecule has 0 aliphatic carbocycles. The van der Waals surface area contributed by atoms with Crippen LogP contribution in [0.25, 0.3) is 0 Å². The number of nitrogens with zero attached hydrogens (tertiary/aromatic N) is 3. The van der Waals surface area contributed by atoms with E-state index in [1.165, 1.54) is 18.2 Å². The minimum Gasteiger partial charge on any atom is -0.478 e. The first kappa shape index (κ1) is 15.4. The van der Waals surface area contributed by atoms with E-state index in [1.54, 1.807) is 19.9 Å². The normalized spacial score (nSPS) is 21.0. The molecule has 1 N–H and O–H groups in total. The number of hydrogen-bond acceptors (Lipinski definition) is 5. The van der Waals surface area contributed by atoms with Crippen molar-refractivity contribution in [2.75, 3.05) is 0 Å². The number of rotatable bonds is 3. The zero-order valence-corrected chi connectivity index (χ0v) is 12.0. The number of aliphatic carboxylic acids is 1. The summed E-state index contributed by atoms with van der Waals surface area (Å²) in [5.74, 6) is -2.72. The average molecular weight is 299 g/mol. The quantitative estimate of drug-likeness (QED) is 0.680. The number of benzene rings is 1. The molecular formula is C15H13N3O4. The highest BCUT2D eigenvalue weighted by molar-refractivity contribution is 5.97. The molecule has 2 unspecified atom stereocenters. The Balaban J connectivity index is 2.66. The van der Waals surface area contributed by atoms with Gasteiger partial charge in [-0.1, -0.05) is 12.1 Å². The standard InChI is InChI=1S/C15H13N3O4/c1-8-12(7-16)14(13(15(19)20)9(2)17-8)10-4-3-5-11(6-10)18(21)22/h3-6,12,14H,1-2H3,(H,19,20). The maximum Gasteiger partial charge on any atom is 0.334 e. The highest BCUT2D eigenvalue weighted by Crippen LogP contribution is 2.39. The Morgan fingerprint density at radius 2 is 2.14 bits per heavy atom. The second-order valence-electron chi connectivity index (χ2n) is 4.99. The number of hydrogen-bond donors (Lipinski definition) is 1. The number of carboxylic acid groups (broad SMARTS) is 1. The molecule has 1 aliphatic heterocycles. The number of aliphatic imine (C=N–C) groups is 1. The van der Waals surface area contributed by atoms with Gasteiger partial charge in [-0.05, 0) is 19.4 Å². The molecule has 0 saturated heterocycles. The number of carboxylic acids is 1. The van der Waals surface area contributed by atoms with Crippen LogP contribution in [0.1, 0.15) is 25.3 Å². The highest BCUT2D eigenvalue weighted by Gasteiger charge is 2.37. The van der Waals surface area contributed by atoms with Gasteiger partial charge in [0, 0.05) is 29.5 Å². The van der Waals surface area contributed by atoms with Crippen LogP contribution >= 0.6 is 0 Å². The van der Waals surface area contributed by atoms with Crippen LogP contribution < -0.4 is 0 Å². The molecule has 1 aliphatic rings. The third kappa shape index (κ3) is 2.59. The zero-order chi connectivity index (χ0) is 16.4. The SMILES string of the molecule is CC1=NC(C)=C(C(=O)O)C(c2cccc([N+](=O)[O-])c2)C1C#N. The largest absolute Gasteiger partial charge is 0.478 e. The molecule has 7 nitrogen and oxygen atoms in total. The molecule has 2 atom stereocenters. The Hall–Kier alpha value is -3.01. The topological polar surface area (TPSA) is 117 Å². The molecule has 0 saturated carbocycles. The fourth-order valence-corrected chi connectivity index (χ4v) is 2.67. The minimum atomic E-state index is -1.18. The molecule has 22 heavy (non-hydrogen) atoms. The molecule has 1 aromatic rings. The van der Waals surface area contributed by atoms with Gasteiger partial charge in [0.1, 0.15) is 0 Å². The van der Waals surface area contributed by atoms with Gasteiger partial charge < -0.3 is 5.11 Å². The van der Waals surface area contributed by atoms with Crippen LogP contribution in [0, 0.1) is 27.4 Å². The smallest absolute Gasteiger partial charge is 0.334 e. The molecule has 0 spiro atoms. The summed E-state index contributed by atoms with van der Waals surface area (Å²) in [7, 11) is 0. The lowest BCUT2D eigenvalue weighted by Gasteiger charge is -2.27. The predicted octanol–water partition coefficient (Wildman–Crippen LogP) is 2.65. The first-order valence-electron chi connectivity index (χ1n) is 6.50. The first-order valence-corrected chi connectivity index (χ1v) is 6.50. The molecule has 1 heterocycles. The van der Waals surface area contributed by atoms with Gasteiger partial charge in [0.05, 0.1) is 22.5 Å². The second kappa shape index (κ2) is 5.77. The van der Waals surface area contributed by atoms with Crippen LogP contribution in [0.3, 0.4) is 0 Å². The fourth-order valence-electron chi connectivity index (χ4n) is 2.67. The molecule has 2 rings (SSSR count). The molecule has 0 radical (unpaired) electrons. The lowest BCUT2D eigenvalue weighted by molar-refractivity contribution is -0.384. The molecule has 0 fully saturated rings. The van der Waals surface area contributed by atoms with Gasteiger partial charge in [-0.2, -0.15) is 5.26 Å². The van der Waals surface area contributed by atoms with Gasteiger partial charge in [0.15, 0.2) is 0 Å². The third-order valence-corrected chi connectivity index (χ3v) is 3.64. The number of allylic oxidation sites excluding steroid dienone is 1. The lowest BCUT2D eigenvalue weighted by atomic mass is 9.76. The van der Waals surface area contributed by atoms with Gasteiger partial charge >= 0.3 is 5.97 Å². The van der Waals surface area contributed by atoms with Gasteiger partial charge in [-0.3, -0.25) is 15.1 Å². The van der Waals surface area contributed by atoms with E-state index in [0.717, 1.165) is 0 Å². The van der Waals surface area contributed by atoms with Crippen molar-refractivity contribution in [2.45, 2.75) is 19.8 Å². The summed E-state index contributed by atoms with van der Waals surface area (Å²) < 4.78 is 0.